The molecule has 1 heterocycles. The van der Waals surface area contributed by atoms with Gasteiger partial charge in [0.05, 0.1) is 5.56 Å². The first kappa shape index (κ1) is 21.7. The molecule has 0 spiro atoms. The molecule has 1 aliphatic rings. The van der Waals surface area contributed by atoms with Crippen molar-refractivity contribution in [3.05, 3.63) is 29.8 Å². The topological polar surface area (TPSA) is 84.9 Å². The number of hydrogen-bond donors (Lipinski definition) is 1. The van der Waals surface area contributed by atoms with Gasteiger partial charge in [0.2, 0.25) is 0 Å². The van der Waals surface area contributed by atoms with E-state index in [2.05, 4.69) is 5.32 Å². The lowest BCUT2D eigenvalue weighted by Crippen LogP contribution is -2.40. The summed E-state index contributed by atoms with van der Waals surface area (Å²) >= 11 is 0. The lowest BCUT2D eigenvalue weighted by Gasteiger charge is -2.24. The molecule has 1 aliphatic heterocycles. The fourth-order valence-electron chi connectivity index (χ4n) is 2.94. The maximum absolute atomic E-state index is 12.5. The van der Waals surface area contributed by atoms with Crippen LogP contribution in [0.1, 0.15) is 63.7 Å². The molecule has 0 aromatic heterocycles. The number of esters is 1. The van der Waals surface area contributed by atoms with Gasteiger partial charge in [0, 0.05) is 18.8 Å². The normalized spacial score (nSPS) is 15.9. The molecule has 0 aliphatic carbocycles. The summed E-state index contributed by atoms with van der Waals surface area (Å²) in [6.45, 7) is 8.36. The molecule has 0 unspecified atom stereocenters. The van der Waals surface area contributed by atoms with Crippen molar-refractivity contribution in [1.82, 2.24) is 4.90 Å². The van der Waals surface area contributed by atoms with Crippen LogP contribution in [0.25, 0.3) is 0 Å². The van der Waals surface area contributed by atoms with E-state index in [0.717, 1.165) is 25.7 Å². The average Bonchev–Trinajstić information content (AvgIpc) is 2.89. The number of carbonyl (C=O) groups excluding carboxylic acids is 3. The Kier molecular flexibility index (Phi) is 7.43. The van der Waals surface area contributed by atoms with Crippen LogP contribution in [-0.4, -0.2) is 47.7 Å². The van der Waals surface area contributed by atoms with Crippen LogP contribution < -0.4 is 5.32 Å². The zero-order chi connectivity index (χ0) is 20.7. The predicted molar refractivity (Wildman–Crippen MR) is 106 cm³/mol. The van der Waals surface area contributed by atoms with Crippen LogP contribution in [0.15, 0.2) is 24.3 Å². The van der Waals surface area contributed by atoms with Gasteiger partial charge in [-0.25, -0.2) is 9.59 Å². The van der Waals surface area contributed by atoms with Gasteiger partial charge >= 0.3 is 12.1 Å². The quantitative estimate of drug-likeness (QED) is 0.786. The molecule has 1 atom stereocenters. The monoisotopic (exact) mass is 390 g/mol. The summed E-state index contributed by atoms with van der Waals surface area (Å²) in [5, 5.41) is 2.60. The highest BCUT2D eigenvalue weighted by Crippen LogP contribution is 2.15. The Bertz CT molecular complexity index is 686. The van der Waals surface area contributed by atoms with Crippen molar-refractivity contribution in [2.24, 2.45) is 0 Å². The van der Waals surface area contributed by atoms with Crippen molar-refractivity contribution in [3.63, 3.8) is 0 Å². The van der Waals surface area contributed by atoms with Crippen LogP contribution >= 0.6 is 0 Å². The van der Waals surface area contributed by atoms with Crippen LogP contribution in [-0.2, 0) is 14.3 Å². The smallest absolute Gasteiger partial charge is 0.412 e. The van der Waals surface area contributed by atoms with Crippen LogP contribution in [0.3, 0.4) is 0 Å². The Morgan fingerprint density at radius 2 is 1.57 bits per heavy atom. The first-order valence-corrected chi connectivity index (χ1v) is 9.75. The molecule has 0 bridgehead atoms. The van der Waals surface area contributed by atoms with Crippen molar-refractivity contribution >= 4 is 23.7 Å². The number of benzene rings is 1. The molecule has 2 rings (SSSR count). The number of hydrogen-bond acceptors (Lipinski definition) is 5. The highest BCUT2D eigenvalue weighted by Gasteiger charge is 2.25. The maximum atomic E-state index is 12.5. The number of anilines is 1. The van der Waals surface area contributed by atoms with E-state index in [1.807, 2.05) is 0 Å². The molecule has 0 radical (unpaired) electrons. The second kappa shape index (κ2) is 9.57. The second-order valence-electron chi connectivity index (χ2n) is 7.99. The van der Waals surface area contributed by atoms with Gasteiger partial charge in [-0.2, -0.15) is 0 Å². The van der Waals surface area contributed by atoms with E-state index in [1.54, 1.807) is 44.7 Å². The summed E-state index contributed by atoms with van der Waals surface area (Å²) in [5.41, 5.74) is 0.217. The van der Waals surface area contributed by atoms with Crippen molar-refractivity contribution in [2.75, 3.05) is 18.4 Å². The zero-order valence-electron chi connectivity index (χ0n) is 17.1. The van der Waals surface area contributed by atoms with Gasteiger partial charge in [-0.3, -0.25) is 10.1 Å². The minimum atomic E-state index is -0.829. The van der Waals surface area contributed by atoms with E-state index in [1.165, 1.54) is 12.1 Å². The van der Waals surface area contributed by atoms with Crippen LogP contribution in [0.5, 0.6) is 0 Å². The molecule has 7 nitrogen and oxygen atoms in total. The lowest BCUT2D eigenvalue weighted by atomic mass is 10.2. The summed E-state index contributed by atoms with van der Waals surface area (Å²) in [6, 6.07) is 6.25. The highest BCUT2D eigenvalue weighted by atomic mass is 16.6. The Labute approximate surface area is 166 Å². The summed E-state index contributed by atoms with van der Waals surface area (Å²) in [4.78, 5) is 38.4. The molecule has 1 N–H and O–H groups in total. The third-order valence-electron chi connectivity index (χ3n) is 4.32. The van der Waals surface area contributed by atoms with Crippen LogP contribution in [0, 0.1) is 0 Å². The van der Waals surface area contributed by atoms with Crippen molar-refractivity contribution in [2.45, 2.75) is 65.1 Å². The average molecular weight is 390 g/mol. The molecule has 7 heteroatoms. The summed E-state index contributed by atoms with van der Waals surface area (Å²) in [6.07, 6.45) is 2.82. The number of carbonyl (C=O) groups is 3. The molecular weight excluding hydrogens is 360 g/mol. The van der Waals surface area contributed by atoms with E-state index in [-0.39, 0.29) is 5.91 Å². The number of rotatable bonds is 4. The largest absolute Gasteiger partial charge is 0.449 e. The molecule has 1 aromatic rings. The van der Waals surface area contributed by atoms with Crippen LogP contribution in [0.2, 0.25) is 0 Å². The molecule has 28 heavy (non-hydrogen) atoms. The molecule has 2 amide bonds. The maximum Gasteiger partial charge on any atom is 0.412 e. The van der Waals surface area contributed by atoms with Gasteiger partial charge in [0.1, 0.15) is 5.60 Å². The van der Waals surface area contributed by atoms with Crippen LogP contribution in [0.4, 0.5) is 10.5 Å². The molecule has 1 aromatic carbocycles. The number of ether oxygens (including phenoxy) is 2. The molecule has 0 saturated carbocycles. The second-order valence-corrected chi connectivity index (χ2v) is 7.99. The number of nitrogens with one attached hydrogen (secondary N) is 1. The Balaban J connectivity index is 1.89. The van der Waals surface area contributed by atoms with E-state index in [0.29, 0.717) is 24.3 Å². The zero-order valence-corrected chi connectivity index (χ0v) is 17.1. The standard InChI is InChI=1S/C21H30N2O5/c1-15(18(24)23-13-7-5-6-8-14-23)27-19(25)16-9-11-17(12-10-16)22-20(26)28-21(2,3)4/h9-12,15H,5-8,13-14H2,1-4H3,(H,22,26)/t15-/m0/s1. The third-order valence-corrected chi connectivity index (χ3v) is 4.32. The lowest BCUT2D eigenvalue weighted by molar-refractivity contribution is -0.139. The van der Waals surface area contributed by atoms with Gasteiger partial charge in [0.25, 0.3) is 5.91 Å². The van der Waals surface area contributed by atoms with E-state index in [4.69, 9.17) is 9.47 Å². The Morgan fingerprint density at radius 3 is 2.11 bits per heavy atom. The highest BCUT2D eigenvalue weighted by molar-refractivity contribution is 5.93. The molecule has 1 fully saturated rings. The third kappa shape index (κ3) is 6.87. The van der Waals surface area contributed by atoms with Crippen molar-refractivity contribution in [3.8, 4) is 0 Å². The van der Waals surface area contributed by atoms with Gasteiger partial charge in [-0.1, -0.05) is 12.8 Å². The summed E-state index contributed by atoms with van der Waals surface area (Å²) < 4.78 is 10.5. The van der Waals surface area contributed by atoms with Crippen molar-refractivity contribution < 1.29 is 23.9 Å². The summed E-state index contributed by atoms with van der Waals surface area (Å²) in [5.74, 6) is -0.724. The van der Waals surface area contributed by atoms with E-state index in [9.17, 15) is 14.4 Å². The fraction of sp³-hybridized carbons (Fsp3) is 0.571. The van der Waals surface area contributed by atoms with E-state index < -0.39 is 23.8 Å². The minimum Gasteiger partial charge on any atom is -0.449 e. The number of amides is 2. The SMILES string of the molecule is C[C@H](OC(=O)c1ccc(NC(=O)OC(C)(C)C)cc1)C(=O)N1CCCCCC1. The van der Waals surface area contributed by atoms with E-state index >= 15 is 0 Å². The number of likely N-dealkylation sites (tertiary alicyclic amines) is 1. The minimum absolute atomic E-state index is 0.154. The van der Waals surface area contributed by atoms with Gasteiger partial charge in [-0.15, -0.1) is 0 Å². The first-order valence-electron chi connectivity index (χ1n) is 9.75. The molecule has 1 saturated heterocycles. The Hall–Kier alpha value is -2.57. The number of nitrogens with zero attached hydrogens (tertiary/aromatic N) is 1. The van der Waals surface area contributed by atoms with Gasteiger partial charge in [0.15, 0.2) is 6.10 Å². The summed E-state index contributed by atoms with van der Waals surface area (Å²) in [7, 11) is 0. The predicted octanol–water partition coefficient (Wildman–Crippen LogP) is 3.98. The van der Waals surface area contributed by atoms with Crippen molar-refractivity contribution in [1.29, 1.82) is 0 Å². The fourth-order valence-corrected chi connectivity index (χ4v) is 2.94. The molecule has 154 valence electrons. The Morgan fingerprint density at radius 1 is 1.00 bits per heavy atom. The van der Waals surface area contributed by atoms with Gasteiger partial charge in [-0.05, 0) is 64.8 Å². The van der Waals surface area contributed by atoms with Gasteiger partial charge < -0.3 is 14.4 Å². The first-order chi connectivity index (χ1) is 13.2. The molecular formula is C21H30N2O5.